The van der Waals surface area contributed by atoms with Crippen LogP contribution in [0.1, 0.15) is 25.7 Å². The fourth-order valence-electron chi connectivity index (χ4n) is 2.85. The summed E-state index contributed by atoms with van der Waals surface area (Å²) in [6, 6.07) is 17.3. The molecule has 0 atom stereocenters. The molecule has 7 nitrogen and oxygen atoms in total. The zero-order valence-corrected chi connectivity index (χ0v) is 15.3. The van der Waals surface area contributed by atoms with E-state index < -0.39 is 5.91 Å². The summed E-state index contributed by atoms with van der Waals surface area (Å²) < 4.78 is 0. The van der Waals surface area contributed by atoms with Crippen molar-refractivity contribution in [1.82, 2.24) is 10.5 Å². The van der Waals surface area contributed by atoms with Gasteiger partial charge in [0.25, 0.3) is 0 Å². The van der Waals surface area contributed by atoms with Gasteiger partial charge in [0.15, 0.2) is 0 Å². The van der Waals surface area contributed by atoms with Crippen molar-refractivity contribution in [3.63, 3.8) is 0 Å². The molecular formula is C21H22N4O3. The minimum absolute atomic E-state index is 0.106. The average molecular weight is 378 g/mol. The van der Waals surface area contributed by atoms with Gasteiger partial charge in [0.2, 0.25) is 11.8 Å². The molecule has 28 heavy (non-hydrogen) atoms. The number of para-hydroxylation sites is 1. The van der Waals surface area contributed by atoms with Crippen LogP contribution in [0, 0.1) is 0 Å². The zero-order valence-electron chi connectivity index (χ0n) is 15.3. The number of fused-ring (bicyclic) bond motifs is 1. The fraction of sp³-hybridized carbons (Fsp3) is 0.190. The topological polar surface area (TPSA) is 103 Å². The third kappa shape index (κ3) is 5.28. The van der Waals surface area contributed by atoms with Gasteiger partial charge in [0, 0.05) is 41.5 Å². The Labute approximate surface area is 162 Å². The Balaban J connectivity index is 1.53. The Morgan fingerprint density at radius 3 is 2.29 bits per heavy atom. The number of carbonyl (C=O) groups excluding carboxylic acids is 2. The molecule has 7 heteroatoms. The van der Waals surface area contributed by atoms with Gasteiger partial charge in [-0.3, -0.25) is 19.8 Å². The molecule has 1 heterocycles. The van der Waals surface area contributed by atoms with Crippen LogP contribution in [0.4, 0.5) is 17.1 Å². The summed E-state index contributed by atoms with van der Waals surface area (Å²) in [5, 5.41) is 15.7. The minimum Gasteiger partial charge on any atom is -0.355 e. The second kappa shape index (κ2) is 9.48. The zero-order chi connectivity index (χ0) is 19.8. The molecule has 3 aromatic rings. The normalized spacial score (nSPS) is 10.5. The van der Waals surface area contributed by atoms with Gasteiger partial charge in [0.1, 0.15) is 0 Å². The number of hydrogen-bond donors (Lipinski definition) is 4. The smallest absolute Gasteiger partial charge is 0.243 e. The van der Waals surface area contributed by atoms with Crippen LogP contribution in [-0.2, 0) is 9.59 Å². The SMILES string of the molecule is O=C(CCCCC(=O)Nc1ccc(Nc2ccnc3ccccc23)cc1)NO. The second-order valence-electron chi connectivity index (χ2n) is 6.37. The maximum absolute atomic E-state index is 12.0. The maximum atomic E-state index is 12.0. The highest BCUT2D eigenvalue weighted by Crippen LogP contribution is 2.25. The molecule has 1 aromatic heterocycles. The molecule has 0 saturated heterocycles. The Kier molecular flexibility index (Phi) is 6.54. The van der Waals surface area contributed by atoms with Gasteiger partial charge in [0.05, 0.1) is 5.52 Å². The Hall–Kier alpha value is -3.45. The van der Waals surface area contributed by atoms with Crippen LogP contribution < -0.4 is 16.1 Å². The first-order chi connectivity index (χ1) is 13.7. The monoisotopic (exact) mass is 378 g/mol. The van der Waals surface area contributed by atoms with Crippen molar-refractivity contribution in [2.75, 3.05) is 10.6 Å². The summed E-state index contributed by atoms with van der Waals surface area (Å²) in [7, 11) is 0. The molecule has 0 aliphatic carbocycles. The van der Waals surface area contributed by atoms with Crippen LogP contribution in [0.15, 0.2) is 60.8 Å². The molecule has 0 bridgehead atoms. The summed E-state index contributed by atoms with van der Waals surface area (Å²) in [6.45, 7) is 0. The van der Waals surface area contributed by atoms with Crippen molar-refractivity contribution in [1.29, 1.82) is 0 Å². The van der Waals surface area contributed by atoms with Crippen LogP contribution in [0.25, 0.3) is 10.9 Å². The third-order valence-corrected chi connectivity index (χ3v) is 4.28. The molecule has 0 aliphatic heterocycles. The van der Waals surface area contributed by atoms with Crippen molar-refractivity contribution in [3.8, 4) is 0 Å². The van der Waals surface area contributed by atoms with Crippen molar-refractivity contribution < 1.29 is 14.8 Å². The van der Waals surface area contributed by atoms with Gasteiger partial charge in [-0.15, -0.1) is 0 Å². The lowest BCUT2D eigenvalue weighted by atomic mass is 10.1. The number of carbonyl (C=O) groups is 2. The Bertz CT molecular complexity index is 952. The molecule has 3 rings (SSSR count). The van der Waals surface area contributed by atoms with Gasteiger partial charge in [-0.1, -0.05) is 18.2 Å². The number of pyridine rings is 1. The predicted molar refractivity (Wildman–Crippen MR) is 108 cm³/mol. The lowest BCUT2D eigenvalue weighted by Gasteiger charge is -2.10. The molecular weight excluding hydrogens is 356 g/mol. The number of rotatable bonds is 8. The molecule has 0 saturated carbocycles. The van der Waals surface area contributed by atoms with Crippen LogP contribution in [0.2, 0.25) is 0 Å². The molecule has 2 aromatic carbocycles. The quantitative estimate of drug-likeness (QED) is 0.270. The number of nitrogens with zero attached hydrogens (tertiary/aromatic N) is 1. The van der Waals surface area contributed by atoms with Crippen LogP contribution >= 0.6 is 0 Å². The van der Waals surface area contributed by atoms with E-state index in [4.69, 9.17) is 5.21 Å². The highest BCUT2D eigenvalue weighted by atomic mass is 16.5. The van der Waals surface area contributed by atoms with E-state index in [2.05, 4.69) is 15.6 Å². The predicted octanol–water partition coefficient (Wildman–Crippen LogP) is 3.98. The number of unbranched alkanes of at least 4 members (excludes halogenated alkanes) is 1. The number of aromatic nitrogens is 1. The average Bonchev–Trinajstić information content (AvgIpc) is 2.72. The first kappa shape index (κ1) is 19.3. The molecule has 0 spiro atoms. The Morgan fingerprint density at radius 2 is 1.54 bits per heavy atom. The number of hydrogen-bond acceptors (Lipinski definition) is 5. The van der Waals surface area contributed by atoms with Gasteiger partial charge in [-0.05, 0) is 49.2 Å². The van der Waals surface area contributed by atoms with Crippen molar-refractivity contribution in [3.05, 3.63) is 60.8 Å². The Morgan fingerprint density at radius 1 is 0.857 bits per heavy atom. The number of amides is 2. The van der Waals surface area contributed by atoms with Crippen molar-refractivity contribution in [2.45, 2.75) is 25.7 Å². The summed E-state index contributed by atoms with van der Waals surface area (Å²) in [4.78, 5) is 27.2. The number of nitrogens with one attached hydrogen (secondary N) is 3. The summed E-state index contributed by atoms with van der Waals surface area (Å²) >= 11 is 0. The van der Waals surface area contributed by atoms with E-state index in [0.29, 0.717) is 24.9 Å². The van der Waals surface area contributed by atoms with E-state index in [1.54, 1.807) is 11.7 Å². The largest absolute Gasteiger partial charge is 0.355 e. The lowest BCUT2D eigenvalue weighted by Crippen LogP contribution is -2.18. The highest BCUT2D eigenvalue weighted by molar-refractivity contribution is 5.93. The molecule has 2 amide bonds. The first-order valence-corrected chi connectivity index (χ1v) is 9.09. The van der Waals surface area contributed by atoms with Gasteiger partial charge in [-0.25, -0.2) is 5.48 Å². The summed E-state index contributed by atoms with van der Waals surface area (Å²) in [5.74, 6) is -0.546. The van der Waals surface area contributed by atoms with E-state index in [1.165, 1.54) is 0 Å². The second-order valence-corrected chi connectivity index (χ2v) is 6.37. The molecule has 0 unspecified atom stereocenters. The number of anilines is 3. The van der Waals surface area contributed by atoms with Crippen LogP contribution in [0.3, 0.4) is 0 Å². The van der Waals surface area contributed by atoms with E-state index in [9.17, 15) is 9.59 Å². The molecule has 4 N–H and O–H groups in total. The molecule has 0 aliphatic rings. The van der Waals surface area contributed by atoms with E-state index >= 15 is 0 Å². The molecule has 0 radical (unpaired) electrons. The standard InChI is InChI=1S/C21H22N4O3/c26-20(7-3-4-8-21(27)25-28)24-16-11-9-15(10-12-16)23-19-13-14-22-18-6-2-1-5-17(18)19/h1-2,5-6,9-14,28H,3-4,7-8H2,(H,22,23)(H,24,26)(H,25,27). The van der Waals surface area contributed by atoms with Crippen molar-refractivity contribution in [2.24, 2.45) is 0 Å². The maximum Gasteiger partial charge on any atom is 0.243 e. The van der Waals surface area contributed by atoms with Gasteiger partial charge in [-0.2, -0.15) is 0 Å². The van der Waals surface area contributed by atoms with Crippen molar-refractivity contribution >= 4 is 39.8 Å². The summed E-state index contributed by atoms with van der Waals surface area (Å²) in [6.07, 6.45) is 3.41. The third-order valence-electron chi connectivity index (χ3n) is 4.28. The number of hydroxylamine groups is 1. The highest BCUT2D eigenvalue weighted by Gasteiger charge is 2.05. The van der Waals surface area contributed by atoms with E-state index in [0.717, 1.165) is 22.3 Å². The first-order valence-electron chi connectivity index (χ1n) is 9.09. The fourth-order valence-corrected chi connectivity index (χ4v) is 2.85. The number of benzene rings is 2. The minimum atomic E-state index is -0.439. The van der Waals surface area contributed by atoms with Gasteiger partial charge >= 0.3 is 0 Å². The molecule has 0 fully saturated rings. The van der Waals surface area contributed by atoms with Crippen LogP contribution in [0.5, 0.6) is 0 Å². The lowest BCUT2D eigenvalue weighted by molar-refractivity contribution is -0.129. The van der Waals surface area contributed by atoms with Gasteiger partial charge < -0.3 is 10.6 Å². The summed E-state index contributed by atoms with van der Waals surface area (Å²) in [5.41, 5.74) is 5.09. The van der Waals surface area contributed by atoms with Crippen LogP contribution in [-0.4, -0.2) is 22.0 Å². The van der Waals surface area contributed by atoms with E-state index in [-0.39, 0.29) is 12.3 Å². The molecule has 144 valence electrons. The van der Waals surface area contributed by atoms with E-state index in [1.807, 2.05) is 54.6 Å².